The first-order valence-corrected chi connectivity index (χ1v) is 6.59. The van der Waals surface area contributed by atoms with Crippen LogP contribution < -0.4 is 0 Å². The minimum Gasteiger partial charge on any atom is -0.504 e. The minimum absolute atomic E-state index is 0.0598. The van der Waals surface area contributed by atoms with Gasteiger partial charge >= 0.3 is 5.97 Å². The van der Waals surface area contributed by atoms with Gasteiger partial charge in [-0.25, -0.2) is 0 Å². The number of hydrogen-bond donors (Lipinski definition) is 5. The van der Waals surface area contributed by atoms with E-state index in [2.05, 4.69) is 0 Å². The van der Waals surface area contributed by atoms with Crippen molar-refractivity contribution in [2.24, 2.45) is 0 Å². The van der Waals surface area contributed by atoms with Gasteiger partial charge in [0.1, 0.15) is 0 Å². The molecule has 0 fully saturated rings. The third kappa shape index (κ3) is 2.48. The molecule has 0 aliphatic carbocycles. The van der Waals surface area contributed by atoms with Crippen LogP contribution in [-0.2, 0) is 5.97 Å². The van der Waals surface area contributed by atoms with E-state index in [0.29, 0.717) is 10.9 Å². The van der Waals surface area contributed by atoms with E-state index in [4.69, 9.17) is 0 Å². The molecular formula is C17H14O5. The Balaban J connectivity index is 2.26. The fraction of sp³-hybridized carbons (Fsp3) is 0.0588. The molecule has 0 heterocycles. The predicted octanol–water partition coefficient (Wildman–Crippen LogP) is 2.01. The van der Waals surface area contributed by atoms with E-state index in [1.54, 1.807) is 18.2 Å². The molecule has 22 heavy (non-hydrogen) atoms. The van der Waals surface area contributed by atoms with Gasteiger partial charge in [-0.1, -0.05) is 36.4 Å². The summed E-state index contributed by atoms with van der Waals surface area (Å²) in [5.41, 5.74) is 1.31. The van der Waals surface area contributed by atoms with Crippen molar-refractivity contribution in [3.63, 3.8) is 0 Å². The summed E-state index contributed by atoms with van der Waals surface area (Å²) in [4.78, 5) is 0. The summed E-state index contributed by atoms with van der Waals surface area (Å²) in [5, 5.41) is 48.5. The molecule has 0 saturated heterocycles. The molecule has 5 heteroatoms. The number of benzene rings is 3. The van der Waals surface area contributed by atoms with Crippen molar-refractivity contribution in [1.82, 2.24) is 0 Å². The van der Waals surface area contributed by atoms with Gasteiger partial charge in [0, 0.05) is 5.56 Å². The maximum absolute atomic E-state index is 9.65. The van der Waals surface area contributed by atoms with Crippen LogP contribution in [-0.4, -0.2) is 25.5 Å². The smallest absolute Gasteiger partial charge is 0.304 e. The lowest BCUT2D eigenvalue weighted by atomic mass is 9.96. The lowest BCUT2D eigenvalue weighted by Gasteiger charge is -2.16. The van der Waals surface area contributed by atoms with Gasteiger partial charge in [0.15, 0.2) is 11.5 Å². The molecule has 0 spiro atoms. The molecule has 0 aromatic heterocycles. The van der Waals surface area contributed by atoms with Crippen LogP contribution in [0, 0.1) is 0 Å². The lowest BCUT2D eigenvalue weighted by Crippen LogP contribution is -2.23. The van der Waals surface area contributed by atoms with Gasteiger partial charge in [0.05, 0.1) is 0 Å². The molecule has 0 aliphatic rings. The maximum Gasteiger partial charge on any atom is 0.304 e. The molecule has 5 N–H and O–H groups in total. The molecule has 3 aromatic rings. The Kier molecular flexibility index (Phi) is 3.26. The molecule has 3 aromatic carbocycles. The third-order valence-electron chi connectivity index (χ3n) is 3.56. The molecule has 3 rings (SSSR count). The zero-order valence-electron chi connectivity index (χ0n) is 11.4. The first kappa shape index (κ1) is 14.3. The van der Waals surface area contributed by atoms with Gasteiger partial charge in [0.25, 0.3) is 0 Å². The van der Waals surface area contributed by atoms with Crippen molar-refractivity contribution < 1.29 is 25.5 Å². The lowest BCUT2D eigenvalue weighted by molar-refractivity contribution is -0.323. The van der Waals surface area contributed by atoms with E-state index in [1.807, 2.05) is 12.1 Å². The van der Waals surface area contributed by atoms with Crippen molar-refractivity contribution in [2.75, 3.05) is 0 Å². The van der Waals surface area contributed by atoms with E-state index in [0.717, 1.165) is 10.9 Å². The van der Waals surface area contributed by atoms with Crippen LogP contribution in [0.4, 0.5) is 0 Å². The molecule has 0 atom stereocenters. The highest BCUT2D eigenvalue weighted by Crippen LogP contribution is 2.35. The van der Waals surface area contributed by atoms with Crippen LogP contribution in [0.3, 0.4) is 0 Å². The number of fused-ring (bicyclic) bond motifs is 1. The van der Waals surface area contributed by atoms with Crippen LogP contribution in [0.5, 0.6) is 11.5 Å². The van der Waals surface area contributed by atoms with Gasteiger partial charge < -0.3 is 25.5 Å². The fourth-order valence-corrected chi connectivity index (χ4v) is 2.42. The summed E-state index contributed by atoms with van der Waals surface area (Å²) >= 11 is 0. The van der Waals surface area contributed by atoms with E-state index in [9.17, 15) is 25.5 Å². The van der Waals surface area contributed by atoms with E-state index in [-0.39, 0.29) is 17.1 Å². The molecule has 0 aliphatic heterocycles. The quantitative estimate of drug-likeness (QED) is 0.368. The standard InChI is InChI=1S/C17H14O5/c18-15-7-5-11(8-16(15)19)13-3-1-2-10-4-6-12(9-14(10)13)17(20,21)22/h1-9,18-22H. The average Bonchev–Trinajstić information content (AvgIpc) is 2.48. The zero-order chi connectivity index (χ0) is 15.9. The average molecular weight is 298 g/mol. The molecule has 0 unspecified atom stereocenters. The SMILES string of the molecule is Oc1ccc(-c2cccc3ccc(C(O)(O)O)cc23)cc1O. The Bertz CT molecular complexity index is 849. The minimum atomic E-state index is -2.92. The van der Waals surface area contributed by atoms with Crippen LogP contribution in [0.1, 0.15) is 5.56 Å². The normalized spacial score (nSPS) is 11.8. The van der Waals surface area contributed by atoms with Crippen LogP contribution in [0.25, 0.3) is 21.9 Å². The number of aliphatic hydroxyl groups is 3. The highest BCUT2D eigenvalue weighted by atomic mass is 16.7. The van der Waals surface area contributed by atoms with E-state index >= 15 is 0 Å². The Morgan fingerprint density at radius 1 is 0.727 bits per heavy atom. The van der Waals surface area contributed by atoms with Crippen molar-refractivity contribution in [3.8, 4) is 22.6 Å². The second-order valence-corrected chi connectivity index (χ2v) is 5.08. The maximum atomic E-state index is 9.65. The van der Waals surface area contributed by atoms with Crippen LogP contribution >= 0.6 is 0 Å². The summed E-state index contributed by atoms with van der Waals surface area (Å²) in [6.45, 7) is 0. The fourth-order valence-electron chi connectivity index (χ4n) is 2.42. The van der Waals surface area contributed by atoms with E-state index < -0.39 is 5.97 Å². The van der Waals surface area contributed by atoms with Crippen molar-refractivity contribution in [1.29, 1.82) is 0 Å². The Morgan fingerprint density at radius 2 is 1.50 bits per heavy atom. The van der Waals surface area contributed by atoms with Gasteiger partial charge in [-0.3, -0.25) is 0 Å². The predicted molar refractivity (Wildman–Crippen MR) is 81.0 cm³/mol. The van der Waals surface area contributed by atoms with Crippen molar-refractivity contribution >= 4 is 10.8 Å². The summed E-state index contributed by atoms with van der Waals surface area (Å²) in [6, 6.07) is 14.4. The highest BCUT2D eigenvalue weighted by Gasteiger charge is 2.22. The number of rotatable bonds is 2. The highest BCUT2D eigenvalue weighted by molar-refractivity contribution is 5.97. The molecule has 5 nitrogen and oxygen atoms in total. The molecule has 0 saturated carbocycles. The molecular weight excluding hydrogens is 284 g/mol. The van der Waals surface area contributed by atoms with Gasteiger partial charge in [-0.2, -0.15) is 0 Å². The number of hydrogen-bond acceptors (Lipinski definition) is 5. The van der Waals surface area contributed by atoms with Gasteiger partial charge in [-0.05, 0) is 40.1 Å². The first-order chi connectivity index (χ1) is 10.4. The molecule has 0 bridgehead atoms. The summed E-state index contributed by atoms with van der Waals surface area (Å²) in [7, 11) is 0. The summed E-state index contributed by atoms with van der Waals surface area (Å²) in [5.74, 6) is -3.38. The molecule has 0 radical (unpaired) electrons. The second kappa shape index (κ2) is 4.99. The van der Waals surface area contributed by atoms with Gasteiger partial charge in [0.2, 0.25) is 0 Å². The summed E-state index contributed by atoms with van der Waals surface area (Å²) in [6.07, 6.45) is 0. The zero-order valence-corrected chi connectivity index (χ0v) is 11.4. The Labute approximate surface area is 126 Å². The molecule has 112 valence electrons. The number of phenolic OH excluding ortho intramolecular Hbond substituents is 2. The molecule has 0 amide bonds. The second-order valence-electron chi connectivity index (χ2n) is 5.08. The van der Waals surface area contributed by atoms with Crippen LogP contribution in [0.15, 0.2) is 54.6 Å². The largest absolute Gasteiger partial charge is 0.504 e. The van der Waals surface area contributed by atoms with Crippen molar-refractivity contribution in [3.05, 3.63) is 60.2 Å². The Morgan fingerprint density at radius 3 is 2.18 bits per heavy atom. The Hall–Kier alpha value is -2.60. The topological polar surface area (TPSA) is 101 Å². The first-order valence-electron chi connectivity index (χ1n) is 6.59. The monoisotopic (exact) mass is 298 g/mol. The van der Waals surface area contributed by atoms with Crippen molar-refractivity contribution in [2.45, 2.75) is 5.97 Å². The van der Waals surface area contributed by atoms with Crippen LogP contribution in [0.2, 0.25) is 0 Å². The third-order valence-corrected chi connectivity index (χ3v) is 3.56. The number of phenols is 2. The van der Waals surface area contributed by atoms with E-state index in [1.165, 1.54) is 24.3 Å². The summed E-state index contributed by atoms with van der Waals surface area (Å²) < 4.78 is 0. The number of aromatic hydroxyl groups is 2. The van der Waals surface area contributed by atoms with Gasteiger partial charge in [-0.15, -0.1) is 0 Å².